The number of hydrogen-bond donors (Lipinski definition) is 1. The average Bonchev–Trinajstić information content (AvgIpc) is 2.95. The molecule has 5 nitrogen and oxygen atoms in total. The number of carbonyl (C=O) groups is 2. The maximum absolute atomic E-state index is 11.9. The van der Waals surface area contributed by atoms with E-state index in [-0.39, 0.29) is 18.6 Å². The molecule has 1 aromatic carbocycles. The Morgan fingerprint density at radius 3 is 2.68 bits per heavy atom. The topological polar surface area (TPSA) is 66.8 Å². The fourth-order valence-corrected chi connectivity index (χ4v) is 3.00. The van der Waals surface area contributed by atoms with Crippen LogP contribution in [0, 0.1) is 11.8 Å². The number of carbonyl (C=O) groups excluding carboxylic acids is 1. The van der Waals surface area contributed by atoms with Gasteiger partial charge in [0.15, 0.2) is 0 Å². The van der Waals surface area contributed by atoms with Crippen molar-refractivity contribution >= 4 is 12.1 Å². The largest absolute Gasteiger partial charge is 0.481 e. The second kappa shape index (κ2) is 4.57. The molecule has 3 atom stereocenters. The standard InChI is InChI=1S/C14H15NO4/c16-13(17)12-10-6-11(12)15(7-10)14(18)19-8-9-4-2-1-3-5-9/h1-5,10-12H,6-8H2,(H,16,17)/t10-,11-,12+/m1/s1. The maximum Gasteiger partial charge on any atom is 0.410 e. The molecule has 2 heterocycles. The number of hydrogen-bond acceptors (Lipinski definition) is 3. The van der Waals surface area contributed by atoms with Crippen molar-refractivity contribution in [3.63, 3.8) is 0 Å². The van der Waals surface area contributed by atoms with E-state index < -0.39 is 18.0 Å². The number of fused-ring (bicyclic) bond motifs is 1. The van der Waals surface area contributed by atoms with Crippen LogP contribution < -0.4 is 0 Å². The van der Waals surface area contributed by atoms with Crippen molar-refractivity contribution < 1.29 is 19.4 Å². The highest BCUT2D eigenvalue weighted by Gasteiger charge is 2.57. The summed E-state index contributed by atoms with van der Waals surface area (Å²) in [6.45, 7) is 0.737. The Labute approximate surface area is 110 Å². The van der Waals surface area contributed by atoms with Crippen LogP contribution in [-0.2, 0) is 16.1 Å². The molecule has 3 fully saturated rings. The minimum absolute atomic E-state index is 0.103. The first-order chi connectivity index (χ1) is 9.16. The van der Waals surface area contributed by atoms with Gasteiger partial charge in [-0.05, 0) is 17.9 Å². The van der Waals surface area contributed by atoms with Gasteiger partial charge in [0.1, 0.15) is 6.61 Å². The molecule has 0 aromatic heterocycles. The lowest BCUT2D eigenvalue weighted by Gasteiger charge is -2.32. The first-order valence-corrected chi connectivity index (χ1v) is 6.37. The van der Waals surface area contributed by atoms with E-state index in [1.165, 1.54) is 0 Å². The Morgan fingerprint density at radius 1 is 1.32 bits per heavy atom. The third-order valence-electron chi connectivity index (χ3n) is 4.02. The molecule has 5 heteroatoms. The summed E-state index contributed by atoms with van der Waals surface area (Å²) in [7, 11) is 0. The molecule has 1 aliphatic carbocycles. The lowest BCUT2D eigenvalue weighted by Crippen LogP contribution is -2.45. The van der Waals surface area contributed by atoms with Crippen molar-refractivity contribution in [3.05, 3.63) is 35.9 Å². The van der Waals surface area contributed by atoms with E-state index in [2.05, 4.69) is 0 Å². The average molecular weight is 261 g/mol. The Morgan fingerprint density at radius 2 is 2.05 bits per heavy atom. The minimum Gasteiger partial charge on any atom is -0.481 e. The van der Waals surface area contributed by atoms with Gasteiger partial charge in [0.2, 0.25) is 0 Å². The maximum atomic E-state index is 11.9. The quantitative estimate of drug-likeness (QED) is 0.899. The second-order valence-electron chi connectivity index (χ2n) is 5.12. The van der Waals surface area contributed by atoms with Crippen molar-refractivity contribution in [1.29, 1.82) is 0 Å². The van der Waals surface area contributed by atoms with Crippen LogP contribution in [0.5, 0.6) is 0 Å². The molecule has 100 valence electrons. The highest BCUT2D eigenvalue weighted by molar-refractivity contribution is 5.77. The van der Waals surface area contributed by atoms with Gasteiger partial charge in [-0.25, -0.2) is 4.79 Å². The summed E-state index contributed by atoms with van der Waals surface area (Å²) in [5.41, 5.74) is 0.928. The Hall–Kier alpha value is -2.04. The van der Waals surface area contributed by atoms with Gasteiger partial charge < -0.3 is 14.7 Å². The molecule has 2 aliphatic heterocycles. The number of ether oxygens (including phenoxy) is 1. The summed E-state index contributed by atoms with van der Waals surface area (Å²) in [5, 5.41) is 9.04. The molecule has 2 bridgehead atoms. The molecule has 0 unspecified atom stereocenters. The first-order valence-electron chi connectivity index (χ1n) is 6.37. The van der Waals surface area contributed by atoms with Gasteiger partial charge in [-0.2, -0.15) is 0 Å². The molecule has 1 aromatic rings. The van der Waals surface area contributed by atoms with Crippen molar-refractivity contribution in [1.82, 2.24) is 4.90 Å². The van der Waals surface area contributed by atoms with E-state index in [0.29, 0.717) is 6.54 Å². The number of nitrogens with zero attached hydrogens (tertiary/aromatic N) is 1. The zero-order chi connectivity index (χ0) is 13.4. The van der Waals surface area contributed by atoms with E-state index in [4.69, 9.17) is 9.84 Å². The number of benzene rings is 1. The lowest BCUT2D eigenvalue weighted by atomic mass is 9.74. The third-order valence-corrected chi connectivity index (χ3v) is 4.02. The predicted molar refractivity (Wildman–Crippen MR) is 66.4 cm³/mol. The summed E-state index contributed by atoms with van der Waals surface area (Å²) < 4.78 is 5.23. The van der Waals surface area contributed by atoms with E-state index in [9.17, 15) is 9.59 Å². The highest BCUT2D eigenvalue weighted by Crippen LogP contribution is 2.46. The van der Waals surface area contributed by atoms with Crippen LogP contribution in [0.15, 0.2) is 30.3 Å². The fraction of sp³-hybridized carbons (Fsp3) is 0.429. The van der Waals surface area contributed by atoms with Crippen LogP contribution in [-0.4, -0.2) is 34.7 Å². The van der Waals surface area contributed by atoms with Crippen LogP contribution in [0.25, 0.3) is 0 Å². The number of aliphatic carboxylic acids is 1. The van der Waals surface area contributed by atoms with Gasteiger partial charge in [0.05, 0.1) is 5.92 Å². The monoisotopic (exact) mass is 261 g/mol. The van der Waals surface area contributed by atoms with Crippen molar-refractivity contribution in [3.8, 4) is 0 Å². The molecule has 0 spiro atoms. The highest BCUT2D eigenvalue weighted by atomic mass is 16.6. The molecule has 19 heavy (non-hydrogen) atoms. The van der Waals surface area contributed by atoms with Gasteiger partial charge >= 0.3 is 12.1 Å². The molecular weight excluding hydrogens is 246 g/mol. The molecule has 1 N–H and O–H groups in total. The lowest BCUT2D eigenvalue weighted by molar-refractivity contribution is -0.147. The zero-order valence-corrected chi connectivity index (χ0v) is 10.4. The van der Waals surface area contributed by atoms with Crippen LogP contribution in [0.2, 0.25) is 0 Å². The van der Waals surface area contributed by atoms with E-state index in [1.54, 1.807) is 4.90 Å². The summed E-state index contributed by atoms with van der Waals surface area (Å²) in [5.74, 6) is -1.10. The van der Waals surface area contributed by atoms with Crippen molar-refractivity contribution in [2.45, 2.75) is 19.1 Å². The number of carboxylic acids is 1. The van der Waals surface area contributed by atoms with Gasteiger partial charge in [-0.1, -0.05) is 30.3 Å². The van der Waals surface area contributed by atoms with Crippen LogP contribution >= 0.6 is 0 Å². The first kappa shape index (κ1) is 12.0. The SMILES string of the molecule is O=C(O)[C@H]1[C@@H]2C[C@H]1N(C(=O)OCc1ccccc1)C2. The molecule has 2 saturated heterocycles. The summed E-state index contributed by atoms with van der Waals surface area (Å²) in [6.07, 6.45) is 0.386. The number of amides is 1. The van der Waals surface area contributed by atoms with Crippen LogP contribution in [0.3, 0.4) is 0 Å². The van der Waals surface area contributed by atoms with E-state index >= 15 is 0 Å². The Kier molecular flexibility index (Phi) is 2.89. The molecule has 0 radical (unpaired) electrons. The zero-order valence-electron chi connectivity index (χ0n) is 10.4. The molecule has 1 saturated carbocycles. The fourth-order valence-electron chi connectivity index (χ4n) is 3.00. The second-order valence-corrected chi connectivity index (χ2v) is 5.12. The van der Waals surface area contributed by atoms with Gasteiger partial charge in [0.25, 0.3) is 0 Å². The molecular formula is C14H15NO4. The van der Waals surface area contributed by atoms with Gasteiger partial charge in [0, 0.05) is 12.6 Å². The van der Waals surface area contributed by atoms with Crippen molar-refractivity contribution in [2.75, 3.05) is 6.54 Å². The number of carboxylic acid groups (broad SMARTS) is 1. The Balaban J connectivity index is 1.56. The van der Waals surface area contributed by atoms with Gasteiger partial charge in [-0.15, -0.1) is 0 Å². The summed E-state index contributed by atoms with van der Waals surface area (Å²) >= 11 is 0. The molecule has 3 aliphatic rings. The minimum atomic E-state index is -0.806. The van der Waals surface area contributed by atoms with Crippen LogP contribution in [0.4, 0.5) is 4.79 Å². The summed E-state index contributed by atoms with van der Waals surface area (Å²) in [6, 6.07) is 9.27. The molecule has 1 amide bonds. The Bertz CT molecular complexity index is 501. The third kappa shape index (κ3) is 2.05. The number of rotatable bonds is 3. The normalized spacial score (nSPS) is 27.8. The van der Waals surface area contributed by atoms with Crippen LogP contribution in [0.1, 0.15) is 12.0 Å². The summed E-state index contributed by atoms with van der Waals surface area (Å²) in [4.78, 5) is 24.5. The van der Waals surface area contributed by atoms with E-state index in [1.807, 2.05) is 30.3 Å². The predicted octanol–water partition coefficient (Wildman–Crippen LogP) is 1.73. The van der Waals surface area contributed by atoms with Gasteiger partial charge in [-0.3, -0.25) is 4.79 Å². The van der Waals surface area contributed by atoms with E-state index in [0.717, 1.165) is 12.0 Å². The smallest absolute Gasteiger partial charge is 0.410 e. The van der Waals surface area contributed by atoms with Crippen molar-refractivity contribution in [2.24, 2.45) is 11.8 Å². The molecule has 4 rings (SSSR count).